The number of halogens is 1. The van der Waals surface area contributed by atoms with Gasteiger partial charge in [0.15, 0.2) is 0 Å². The van der Waals surface area contributed by atoms with Crippen molar-refractivity contribution in [1.29, 1.82) is 0 Å². The van der Waals surface area contributed by atoms with Crippen LogP contribution in [0.1, 0.15) is 52.9 Å². The van der Waals surface area contributed by atoms with Crippen LogP contribution in [0.2, 0.25) is 0 Å². The largest absolute Gasteiger partial charge is 0.324 e. The van der Waals surface area contributed by atoms with Crippen LogP contribution >= 0.6 is 12.4 Å². The van der Waals surface area contributed by atoms with E-state index in [1.807, 2.05) is 0 Å². The lowest BCUT2D eigenvalue weighted by Gasteiger charge is -2.69. The number of nitrogens with two attached hydrogens (primary N) is 1. The van der Waals surface area contributed by atoms with Crippen LogP contribution in [0.15, 0.2) is 0 Å². The predicted molar refractivity (Wildman–Crippen MR) is 66.1 cm³/mol. The molecule has 15 heavy (non-hydrogen) atoms. The number of hydrogen-bond acceptors (Lipinski definition) is 1. The smallest absolute Gasteiger partial charge is 0.0234 e. The third-order valence-corrected chi connectivity index (χ3v) is 6.13. The van der Waals surface area contributed by atoms with Crippen molar-refractivity contribution in [3.05, 3.63) is 0 Å². The van der Waals surface area contributed by atoms with Gasteiger partial charge in [-0.15, -0.1) is 12.4 Å². The van der Waals surface area contributed by atoms with E-state index < -0.39 is 0 Å². The Balaban J connectivity index is 0.000000853. The molecule has 2 heteroatoms. The summed E-state index contributed by atoms with van der Waals surface area (Å²) in [4.78, 5) is 0. The molecule has 4 bridgehead atoms. The second-order valence-corrected chi connectivity index (χ2v) is 7.11. The van der Waals surface area contributed by atoms with Gasteiger partial charge in [0.2, 0.25) is 0 Å². The van der Waals surface area contributed by atoms with E-state index >= 15 is 0 Å². The van der Waals surface area contributed by atoms with Crippen molar-refractivity contribution in [2.75, 3.05) is 0 Å². The van der Waals surface area contributed by atoms with E-state index in [0.717, 1.165) is 11.8 Å². The Hall–Kier alpha value is 0.250. The molecule has 0 aliphatic heterocycles. The Labute approximate surface area is 99.6 Å². The summed E-state index contributed by atoms with van der Waals surface area (Å²) in [5.41, 5.74) is 7.63. The first-order valence-electron chi connectivity index (χ1n) is 6.15. The van der Waals surface area contributed by atoms with Crippen molar-refractivity contribution in [1.82, 2.24) is 0 Å². The molecule has 0 aromatic carbocycles. The standard InChI is InChI=1S/C13H23N.ClH/c1-11-5-9-4-10(6-11)8-12(2,7-9)13(11,3)14;/h9-10H,4-8,14H2,1-3H3;1H. The highest BCUT2D eigenvalue weighted by Gasteiger charge is 2.64. The fourth-order valence-electron chi connectivity index (χ4n) is 5.24. The molecule has 0 saturated heterocycles. The van der Waals surface area contributed by atoms with Crippen LogP contribution in [0.25, 0.3) is 0 Å². The van der Waals surface area contributed by atoms with E-state index in [2.05, 4.69) is 20.8 Å². The van der Waals surface area contributed by atoms with Gasteiger partial charge in [-0.25, -0.2) is 0 Å². The van der Waals surface area contributed by atoms with Gasteiger partial charge in [0.25, 0.3) is 0 Å². The van der Waals surface area contributed by atoms with Gasteiger partial charge in [-0.3, -0.25) is 0 Å². The minimum atomic E-state index is 0. The minimum Gasteiger partial charge on any atom is -0.324 e. The topological polar surface area (TPSA) is 26.0 Å². The average Bonchev–Trinajstić information content (AvgIpc) is 1.98. The lowest BCUT2D eigenvalue weighted by molar-refractivity contribution is -0.159. The molecular formula is C13H24ClN. The fourth-order valence-corrected chi connectivity index (χ4v) is 5.24. The molecule has 88 valence electrons. The molecule has 4 saturated carbocycles. The zero-order valence-electron chi connectivity index (χ0n) is 10.2. The van der Waals surface area contributed by atoms with Gasteiger partial charge in [-0.05, 0) is 61.7 Å². The molecule has 0 aromatic heterocycles. The van der Waals surface area contributed by atoms with E-state index in [-0.39, 0.29) is 17.9 Å². The second-order valence-electron chi connectivity index (χ2n) is 7.11. The molecule has 0 atom stereocenters. The van der Waals surface area contributed by atoms with Gasteiger partial charge in [0.1, 0.15) is 0 Å². The Kier molecular flexibility index (Phi) is 2.29. The average molecular weight is 230 g/mol. The minimum absolute atomic E-state index is 0. The van der Waals surface area contributed by atoms with Crippen molar-refractivity contribution in [2.24, 2.45) is 28.4 Å². The molecule has 4 aliphatic rings. The van der Waals surface area contributed by atoms with Crippen LogP contribution < -0.4 is 5.73 Å². The van der Waals surface area contributed by atoms with Crippen LogP contribution in [0, 0.1) is 22.7 Å². The van der Waals surface area contributed by atoms with E-state index in [1.54, 1.807) is 0 Å². The Bertz CT molecular complexity index is 246. The van der Waals surface area contributed by atoms with Gasteiger partial charge in [-0.2, -0.15) is 0 Å². The van der Waals surface area contributed by atoms with E-state index in [1.165, 1.54) is 32.1 Å². The molecule has 4 fully saturated rings. The molecule has 0 unspecified atom stereocenters. The molecule has 1 nitrogen and oxygen atoms in total. The lowest BCUT2D eigenvalue weighted by Crippen LogP contribution is -2.71. The third kappa shape index (κ3) is 1.20. The summed E-state index contributed by atoms with van der Waals surface area (Å²) in [6.45, 7) is 7.22. The van der Waals surface area contributed by atoms with Gasteiger partial charge in [0.05, 0.1) is 0 Å². The molecule has 2 N–H and O–H groups in total. The van der Waals surface area contributed by atoms with Crippen molar-refractivity contribution in [2.45, 2.75) is 58.4 Å². The van der Waals surface area contributed by atoms with Gasteiger partial charge in [0, 0.05) is 5.54 Å². The van der Waals surface area contributed by atoms with Crippen LogP contribution in [0.4, 0.5) is 0 Å². The molecular weight excluding hydrogens is 206 g/mol. The molecule has 4 rings (SSSR count). The van der Waals surface area contributed by atoms with Crippen LogP contribution in [-0.2, 0) is 0 Å². The summed E-state index contributed by atoms with van der Waals surface area (Å²) in [5, 5.41) is 0. The van der Waals surface area contributed by atoms with Crippen LogP contribution in [-0.4, -0.2) is 5.54 Å². The normalized spacial score (nSPS) is 61.6. The Morgan fingerprint density at radius 2 is 1.20 bits per heavy atom. The summed E-state index contributed by atoms with van der Waals surface area (Å²) in [6, 6.07) is 0. The van der Waals surface area contributed by atoms with Crippen molar-refractivity contribution in [3.63, 3.8) is 0 Å². The van der Waals surface area contributed by atoms with E-state index in [4.69, 9.17) is 5.73 Å². The summed E-state index contributed by atoms with van der Waals surface area (Å²) < 4.78 is 0. The fraction of sp³-hybridized carbons (Fsp3) is 1.00. The molecule has 0 spiro atoms. The Morgan fingerprint density at radius 3 is 1.53 bits per heavy atom. The first-order valence-corrected chi connectivity index (χ1v) is 6.15. The third-order valence-electron chi connectivity index (χ3n) is 6.13. The summed E-state index contributed by atoms with van der Waals surface area (Å²) in [7, 11) is 0. The Morgan fingerprint density at radius 1 is 0.867 bits per heavy atom. The number of rotatable bonds is 0. The van der Waals surface area contributed by atoms with Crippen molar-refractivity contribution < 1.29 is 0 Å². The SMILES string of the molecule is CC12CC3CC(C1)CC(C)(C3)C2(C)N.Cl. The van der Waals surface area contributed by atoms with Gasteiger partial charge < -0.3 is 5.73 Å². The highest BCUT2D eigenvalue weighted by Crippen LogP contribution is 2.68. The maximum Gasteiger partial charge on any atom is 0.0234 e. The molecule has 0 aromatic rings. The predicted octanol–water partition coefficient (Wildman–Crippen LogP) is 3.36. The summed E-state index contributed by atoms with van der Waals surface area (Å²) in [6.07, 6.45) is 7.08. The van der Waals surface area contributed by atoms with Crippen LogP contribution in [0.5, 0.6) is 0 Å². The highest BCUT2D eigenvalue weighted by molar-refractivity contribution is 5.85. The summed E-state index contributed by atoms with van der Waals surface area (Å²) in [5.74, 6) is 1.99. The quantitative estimate of drug-likeness (QED) is 0.677. The monoisotopic (exact) mass is 229 g/mol. The zero-order chi connectivity index (χ0) is 10.2. The van der Waals surface area contributed by atoms with Crippen molar-refractivity contribution in [3.8, 4) is 0 Å². The molecule has 0 amide bonds. The first kappa shape index (κ1) is 11.7. The zero-order valence-corrected chi connectivity index (χ0v) is 11.0. The molecule has 4 aliphatic carbocycles. The van der Waals surface area contributed by atoms with E-state index in [9.17, 15) is 0 Å². The van der Waals surface area contributed by atoms with Crippen molar-refractivity contribution >= 4 is 12.4 Å². The second kappa shape index (κ2) is 2.92. The summed E-state index contributed by atoms with van der Waals surface area (Å²) >= 11 is 0. The van der Waals surface area contributed by atoms with E-state index in [0.29, 0.717) is 10.8 Å². The maximum atomic E-state index is 6.68. The van der Waals surface area contributed by atoms with Crippen LogP contribution in [0.3, 0.4) is 0 Å². The highest BCUT2D eigenvalue weighted by atomic mass is 35.5. The lowest BCUT2D eigenvalue weighted by atomic mass is 9.38. The van der Waals surface area contributed by atoms with Gasteiger partial charge >= 0.3 is 0 Å². The number of hydrogen-bond donors (Lipinski definition) is 1. The van der Waals surface area contributed by atoms with Gasteiger partial charge in [-0.1, -0.05) is 13.8 Å². The maximum absolute atomic E-state index is 6.68. The molecule has 0 heterocycles. The molecule has 0 radical (unpaired) electrons. The first-order chi connectivity index (χ1) is 6.36.